The molecule has 0 rings (SSSR count). The number of nitrogens with two attached hydrogens (primary N) is 1. The van der Waals surface area contributed by atoms with Gasteiger partial charge in [0.1, 0.15) is 5.60 Å². The standard InChI is InChI=1S/C12H20N2O3/c1-6-7-9(8(2)13)10(15)14-11(16)17-12(3,4)5/h6-8H,1,13H2,2-5H3,(H,14,15,16)/b9-7+. The van der Waals surface area contributed by atoms with Crippen molar-refractivity contribution in [3.63, 3.8) is 0 Å². The van der Waals surface area contributed by atoms with Crippen LogP contribution in [0.5, 0.6) is 0 Å². The molecule has 0 aliphatic heterocycles. The molecule has 2 amide bonds. The SMILES string of the molecule is C=C/C=C(/C(=O)NC(=O)OC(C)(C)C)C(C)N. The smallest absolute Gasteiger partial charge is 0.414 e. The number of nitrogens with one attached hydrogen (secondary N) is 1. The van der Waals surface area contributed by atoms with Crippen LogP contribution >= 0.6 is 0 Å². The summed E-state index contributed by atoms with van der Waals surface area (Å²) in [5, 5.41) is 2.11. The number of imide groups is 1. The van der Waals surface area contributed by atoms with E-state index in [0.29, 0.717) is 0 Å². The van der Waals surface area contributed by atoms with Crippen LogP contribution < -0.4 is 11.1 Å². The van der Waals surface area contributed by atoms with E-state index in [1.54, 1.807) is 27.7 Å². The summed E-state index contributed by atoms with van der Waals surface area (Å²) in [7, 11) is 0. The molecule has 96 valence electrons. The first-order valence-corrected chi connectivity index (χ1v) is 5.30. The lowest BCUT2D eigenvalue weighted by atomic mass is 10.1. The fraction of sp³-hybridized carbons (Fsp3) is 0.500. The second kappa shape index (κ2) is 6.20. The number of carbonyl (C=O) groups excluding carboxylic acids is 2. The minimum absolute atomic E-state index is 0.269. The molecule has 0 aliphatic carbocycles. The maximum atomic E-state index is 11.7. The Bertz CT molecular complexity index is 338. The number of amides is 2. The molecule has 0 bridgehead atoms. The predicted octanol–water partition coefficient (Wildman–Crippen LogP) is 1.50. The van der Waals surface area contributed by atoms with Crippen LogP contribution in [0.3, 0.4) is 0 Å². The van der Waals surface area contributed by atoms with Crippen LogP contribution in [-0.2, 0) is 9.53 Å². The van der Waals surface area contributed by atoms with Crippen molar-refractivity contribution in [2.75, 3.05) is 0 Å². The molecule has 0 spiro atoms. The molecule has 0 saturated heterocycles. The second-order valence-corrected chi connectivity index (χ2v) is 4.60. The fourth-order valence-electron chi connectivity index (χ4n) is 1.03. The Morgan fingerprint density at radius 2 is 1.94 bits per heavy atom. The molecule has 0 aromatic heterocycles. The lowest BCUT2D eigenvalue weighted by Crippen LogP contribution is -2.40. The van der Waals surface area contributed by atoms with Crippen LogP contribution in [0.4, 0.5) is 4.79 Å². The molecule has 0 aromatic rings. The molecule has 3 N–H and O–H groups in total. The maximum Gasteiger partial charge on any atom is 0.414 e. The molecule has 0 aromatic carbocycles. The van der Waals surface area contributed by atoms with Gasteiger partial charge in [0.2, 0.25) is 0 Å². The van der Waals surface area contributed by atoms with E-state index in [-0.39, 0.29) is 5.57 Å². The van der Waals surface area contributed by atoms with Crippen molar-refractivity contribution in [1.82, 2.24) is 5.32 Å². The van der Waals surface area contributed by atoms with Crippen molar-refractivity contribution in [3.05, 3.63) is 24.3 Å². The third kappa shape index (κ3) is 6.52. The van der Waals surface area contributed by atoms with E-state index in [1.807, 2.05) is 0 Å². The quantitative estimate of drug-likeness (QED) is 0.578. The summed E-state index contributed by atoms with van der Waals surface area (Å²) in [6.45, 7) is 10.3. The van der Waals surface area contributed by atoms with Crippen molar-refractivity contribution >= 4 is 12.0 Å². The first kappa shape index (κ1) is 15.4. The predicted molar refractivity (Wildman–Crippen MR) is 66.3 cm³/mol. The Morgan fingerprint density at radius 1 is 1.41 bits per heavy atom. The zero-order chi connectivity index (χ0) is 13.6. The van der Waals surface area contributed by atoms with Crippen molar-refractivity contribution in [1.29, 1.82) is 0 Å². The van der Waals surface area contributed by atoms with Gasteiger partial charge in [0.25, 0.3) is 5.91 Å². The molecular weight excluding hydrogens is 220 g/mol. The highest BCUT2D eigenvalue weighted by Crippen LogP contribution is 2.07. The average molecular weight is 240 g/mol. The number of carbonyl (C=O) groups is 2. The van der Waals surface area contributed by atoms with Crippen LogP contribution in [-0.4, -0.2) is 23.6 Å². The highest BCUT2D eigenvalue weighted by atomic mass is 16.6. The van der Waals surface area contributed by atoms with Crippen LogP contribution in [0.25, 0.3) is 0 Å². The van der Waals surface area contributed by atoms with Crippen LogP contribution in [0.2, 0.25) is 0 Å². The Labute approximate surface area is 102 Å². The summed E-state index contributed by atoms with van der Waals surface area (Å²) >= 11 is 0. The highest BCUT2D eigenvalue weighted by molar-refractivity contribution is 6.03. The van der Waals surface area contributed by atoms with Gasteiger partial charge in [-0.1, -0.05) is 18.7 Å². The van der Waals surface area contributed by atoms with Crippen molar-refractivity contribution in [2.45, 2.75) is 39.3 Å². The lowest BCUT2D eigenvalue weighted by molar-refractivity contribution is -0.117. The van der Waals surface area contributed by atoms with Gasteiger partial charge in [-0.3, -0.25) is 10.1 Å². The van der Waals surface area contributed by atoms with Gasteiger partial charge in [-0.15, -0.1) is 0 Å². The van der Waals surface area contributed by atoms with E-state index in [2.05, 4.69) is 11.9 Å². The first-order valence-electron chi connectivity index (χ1n) is 5.30. The zero-order valence-electron chi connectivity index (χ0n) is 10.7. The number of allylic oxidation sites excluding steroid dienone is 2. The number of rotatable bonds is 3. The number of hydrogen-bond donors (Lipinski definition) is 2. The van der Waals surface area contributed by atoms with Crippen LogP contribution in [0.1, 0.15) is 27.7 Å². The number of alkyl carbamates (subject to hydrolysis) is 1. The molecule has 5 heteroatoms. The Morgan fingerprint density at radius 3 is 2.29 bits per heavy atom. The van der Waals surface area contributed by atoms with Gasteiger partial charge in [-0.05, 0) is 27.7 Å². The Kier molecular flexibility index (Phi) is 5.61. The summed E-state index contributed by atoms with van der Waals surface area (Å²) in [5.41, 5.74) is 5.22. The monoisotopic (exact) mass is 240 g/mol. The molecule has 1 unspecified atom stereocenters. The molecule has 0 saturated carbocycles. The zero-order valence-corrected chi connectivity index (χ0v) is 10.7. The molecular formula is C12H20N2O3. The highest BCUT2D eigenvalue weighted by Gasteiger charge is 2.20. The van der Waals surface area contributed by atoms with Crippen LogP contribution in [0, 0.1) is 0 Å². The van der Waals surface area contributed by atoms with E-state index in [1.165, 1.54) is 12.2 Å². The minimum Gasteiger partial charge on any atom is -0.444 e. The van der Waals surface area contributed by atoms with Gasteiger partial charge in [-0.25, -0.2) is 4.79 Å². The molecule has 0 aliphatic rings. The molecule has 5 nitrogen and oxygen atoms in total. The average Bonchev–Trinajstić information content (AvgIpc) is 2.09. The first-order chi connectivity index (χ1) is 7.67. The van der Waals surface area contributed by atoms with E-state index < -0.39 is 23.6 Å². The third-order valence-electron chi connectivity index (χ3n) is 1.66. The van der Waals surface area contributed by atoms with Gasteiger partial charge in [-0.2, -0.15) is 0 Å². The molecule has 17 heavy (non-hydrogen) atoms. The van der Waals surface area contributed by atoms with E-state index >= 15 is 0 Å². The third-order valence-corrected chi connectivity index (χ3v) is 1.66. The van der Waals surface area contributed by atoms with Gasteiger partial charge < -0.3 is 10.5 Å². The second-order valence-electron chi connectivity index (χ2n) is 4.60. The number of ether oxygens (including phenoxy) is 1. The van der Waals surface area contributed by atoms with E-state index in [4.69, 9.17) is 10.5 Å². The summed E-state index contributed by atoms with van der Waals surface area (Å²) in [4.78, 5) is 23.0. The summed E-state index contributed by atoms with van der Waals surface area (Å²) < 4.78 is 4.95. The topological polar surface area (TPSA) is 81.4 Å². The van der Waals surface area contributed by atoms with Crippen molar-refractivity contribution in [3.8, 4) is 0 Å². The molecule has 0 fully saturated rings. The van der Waals surface area contributed by atoms with E-state index in [0.717, 1.165) is 0 Å². The molecule has 0 heterocycles. The Balaban J connectivity index is 4.58. The molecule has 0 radical (unpaired) electrons. The van der Waals surface area contributed by atoms with Crippen LogP contribution in [0.15, 0.2) is 24.3 Å². The molecule has 1 atom stereocenters. The van der Waals surface area contributed by atoms with E-state index in [9.17, 15) is 9.59 Å². The van der Waals surface area contributed by atoms with Crippen molar-refractivity contribution in [2.24, 2.45) is 5.73 Å². The summed E-state index contributed by atoms with van der Waals surface area (Å²) in [6.07, 6.45) is 2.11. The van der Waals surface area contributed by atoms with Gasteiger partial charge in [0.15, 0.2) is 0 Å². The largest absolute Gasteiger partial charge is 0.444 e. The van der Waals surface area contributed by atoms with Gasteiger partial charge in [0, 0.05) is 11.6 Å². The summed E-state index contributed by atoms with van der Waals surface area (Å²) in [6, 6.07) is -0.490. The van der Waals surface area contributed by atoms with Crippen molar-refractivity contribution < 1.29 is 14.3 Å². The summed E-state index contributed by atoms with van der Waals surface area (Å²) in [5.74, 6) is -0.575. The normalized spacial score (nSPS) is 13.8. The van der Waals surface area contributed by atoms with Gasteiger partial charge >= 0.3 is 6.09 Å². The maximum absolute atomic E-state index is 11.7. The fourth-order valence-corrected chi connectivity index (χ4v) is 1.03. The minimum atomic E-state index is -0.793. The van der Waals surface area contributed by atoms with Gasteiger partial charge in [0.05, 0.1) is 0 Å². The Hall–Kier alpha value is -1.62. The number of hydrogen-bond acceptors (Lipinski definition) is 4. The lowest BCUT2D eigenvalue weighted by Gasteiger charge is -2.19.